The first-order chi connectivity index (χ1) is 42.8. The Morgan fingerprint density at radius 3 is 1.06 bits per heavy atom. The minimum atomic E-state index is -1.57. The molecule has 506 valence electrons. The molecule has 0 saturated carbocycles. The van der Waals surface area contributed by atoms with Crippen LogP contribution in [0.2, 0.25) is 0 Å². The van der Waals surface area contributed by atoms with Gasteiger partial charge in [0, 0.05) is 6.42 Å². The molecular formula is C78H141NO8. The molecule has 7 atom stereocenters. The van der Waals surface area contributed by atoms with Crippen LogP contribution in [0, 0.1) is 0 Å². The highest BCUT2D eigenvalue weighted by Gasteiger charge is 2.44. The molecule has 1 saturated heterocycles. The van der Waals surface area contributed by atoms with Crippen molar-refractivity contribution < 1.29 is 39.8 Å². The number of carbonyl (C=O) groups excluding carboxylic acids is 1. The van der Waals surface area contributed by atoms with Crippen LogP contribution in [0.4, 0.5) is 0 Å². The van der Waals surface area contributed by atoms with Crippen molar-refractivity contribution in [2.75, 3.05) is 13.2 Å². The predicted octanol–water partition coefficient (Wildman–Crippen LogP) is 20.9. The minimum Gasteiger partial charge on any atom is -0.394 e. The number of hydrogen-bond donors (Lipinski definition) is 6. The summed E-state index contributed by atoms with van der Waals surface area (Å²) in [7, 11) is 0. The van der Waals surface area contributed by atoms with E-state index in [-0.39, 0.29) is 12.5 Å². The molecule has 9 heteroatoms. The van der Waals surface area contributed by atoms with Crippen molar-refractivity contribution in [1.29, 1.82) is 0 Å². The van der Waals surface area contributed by atoms with Crippen LogP contribution in [0.15, 0.2) is 85.1 Å². The third kappa shape index (κ3) is 54.8. The third-order valence-corrected chi connectivity index (χ3v) is 17.5. The average molecular weight is 1220 g/mol. The van der Waals surface area contributed by atoms with Crippen molar-refractivity contribution in [3.8, 4) is 0 Å². The molecule has 1 amide bonds. The summed E-state index contributed by atoms with van der Waals surface area (Å²) >= 11 is 0. The summed E-state index contributed by atoms with van der Waals surface area (Å²) < 4.78 is 11.3. The highest BCUT2D eigenvalue weighted by Crippen LogP contribution is 2.23. The molecule has 0 radical (unpaired) electrons. The van der Waals surface area contributed by atoms with E-state index < -0.39 is 49.5 Å². The Bertz CT molecular complexity index is 1650. The van der Waals surface area contributed by atoms with Gasteiger partial charge in [-0.1, -0.05) is 356 Å². The lowest BCUT2D eigenvalue weighted by Gasteiger charge is -2.40. The van der Waals surface area contributed by atoms with Crippen LogP contribution in [0.5, 0.6) is 0 Å². The fourth-order valence-corrected chi connectivity index (χ4v) is 11.7. The zero-order valence-corrected chi connectivity index (χ0v) is 56.8. The molecular weight excluding hydrogens is 1080 g/mol. The van der Waals surface area contributed by atoms with Crippen molar-refractivity contribution >= 4 is 5.91 Å². The molecule has 1 aliphatic rings. The Labute approximate surface area is 537 Å². The summed E-state index contributed by atoms with van der Waals surface area (Å²) in [5.41, 5.74) is 0. The number of rotatable bonds is 65. The Morgan fingerprint density at radius 2 is 0.713 bits per heavy atom. The SMILES string of the molecule is CC/C=C\C/C=C\C/C=C\C/C=C\C/C=C\C/C=C\CCCCCCCCCCCCCCCCCCCCC(=O)NC(COC1OC(CO)C(O)C(O)C1O)C(O)/C=C/CCCCCCCCCCCCCCCCCCCCCCCCCCC. The van der Waals surface area contributed by atoms with Crippen LogP contribution in [-0.4, -0.2) is 87.5 Å². The second kappa shape index (κ2) is 66.3. The molecule has 87 heavy (non-hydrogen) atoms. The summed E-state index contributed by atoms with van der Waals surface area (Å²) in [6.07, 6.45) is 88.4. The van der Waals surface area contributed by atoms with Crippen LogP contribution < -0.4 is 5.32 Å². The van der Waals surface area contributed by atoms with Crippen molar-refractivity contribution in [3.63, 3.8) is 0 Å². The quantitative estimate of drug-likeness (QED) is 0.0261. The molecule has 0 aromatic rings. The first kappa shape index (κ1) is 82.4. The highest BCUT2D eigenvalue weighted by molar-refractivity contribution is 5.76. The standard InChI is InChI=1S/C78H141NO8/c1-3-5-7-9-11-13-15-17-19-21-23-25-27-29-31-32-33-34-35-36-37-38-39-40-42-44-46-48-50-52-54-56-58-60-62-64-66-68-74(82)79-71(70-86-78-77(85)76(84)75(83)73(69-80)87-78)72(81)67-65-63-61-59-57-55-53-51-49-47-45-43-41-30-28-26-24-22-20-18-16-14-12-10-8-6-4-2/h5,7,11,13,17,19,23,25,29,31,33-34,65,67,71-73,75-78,80-81,83-85H,3-4,6,8-10,12,14-16,18,20-22,24,26-28,30,32,35-64,66,68-70H2,1-2H3,(H,79,82)/b7-5-,13-11-,19-17-,25-23-,31-29-,34-33-,67-65+. The van der Waals surface area contributed by atoms with E-state index in [1.54, 1.807) is 6.08 Å². The Hall–Kier alpha value is -2.63. The smallest absolute Gasteiger partial charge is 0.220 e. The van der Waals surface area contributed by atoms with Gasteiger partial charge in [0.1, 0.15) is 24.4 Å². The molecule has 1 aliphatic heterocycles. The highest BCUT2D eigenvalue weighted by atomic mass is 16.7. The molecule has 1 heterocycles. The lowest BCUT2D eigenvalue weighted by molar-refractivity contribution is -0.302. The number of amides is 1. The lowest BCUT2D eigenvalue weighted by atomic mass is 9.99. The van der Waals surface area contributed by atoms with Gasteiger partial charge in [-0.3, -0.25) is 4.79 Å². The number of hydrogen-bond acceptors (Lipinski definition) is 8. The lowest BCUT2D eigenvalue weighted by Crippen LogP contribution is -2.60. The molecule has 9 nitrogen and oxygen atoms in total. The summed E-state index contributed by atoms with van der Waals surface area (Å²) in [5.74, 6) is -0.173. The minimum absolute atomic E-state index is 0.173. The topological polar surface area (TPSA) is 149 Å². The Kier molecular flexibility index (Phi) is 62.8. The van der Waals surface area contributed by atoms with Crippen LogP contribution in [0.25, 0.3) is 0 Å². The molecule has 1 rings (SSSR count). The number of ether oxygens (including phenoxy) is 2. The normalized spacial score (nSPS) is 18.4. The van der Waals surface area contributed by atoms with Gasteiger partial charge in [0.15, 0.2) is 6.29 Å². The maximum absolute atomic E-state index is 13.2. The summed E-state index contributed by atoms with van der Waals surface area (Å²) in [4.78, 5) is 13.2. The van der Waals surface area contributed by atoms with E-state index in [9.17, 15) is 30.3 Å². The van der Waals surface area contributed by atoms with Crippen LogP contribution in [0.3, 0.4) is 0 Å². The molecule has 1 fully saturated rings. The number of carbonyl (C=O) groups is 1. The van der Waals surface area contributed by atoms with Gasteiger partial charge in [-0.05, 0) is 70.6 Å². The fourth-order valence-electron chi connectivity index (χ4n) is 11.7. The largest absolute Gasteiger partial charge is 0.394 e. The predicted molar refractivity (Wildman–Crippen MR) is 373 cm³/mol. The van der Waals surface area contributed by atoms with Crippen molar-refractivity contribution in [2.45, 2.75) is 391 Å². The van der Waals surface area contributed by atoms with E-state index in [0.29, 0.717) is 6.42 Å². The molecule has 0 aliphatic carbocycles. The van der Waals surface area contributed by atoms with E-state index >= 15 is 0 Å². The van der Waals surface area contributed by atoms with E-state index in [1.165, 1.54) is 250 Å². The average Bonchev–Trinajstić information content (AvgIpc) is 3.37. The summed E-state index contributed by atoms with van der Waals surface area (Å²) in [6, 6.07) is -0.809. The van der Waals surface area contributed by atoms with Gasteiger partial charge in [-0.25, -0.2) is 0 Å². The van der Waals surface area contributed by atoms with Gasteiger partial charge in [0.2, 0.25) is 5.91 Å². The summed E-state index contributed by atoms with van der Waals surface area (Å²) in [6.45, 7) is 3.71. The van der Waals surface area contributed by atoms with E-state index in [0.717, 1.165) is 77.0 Å². The maximum Gasteiger partial charge on any atom is 0.220 e. The van der Waals surface area contributed by atoms with E-state index in [2.05, 4.69) is 92.1 Å². The number of nitrogens with one attached hydrogen (secondary N) is 1. The Balaban J connectivity index is 2.10. The molecule has 0 aromatic heterocycles. The van der Waals surface area contributed by atoms with Crippen molar-refractivity contribution in [2.24, 2.45) is 0 Å². The molecule has 0 aromatic carbocycles. The van der Waals surface area contributed by atoms with E-state index in [4.69, 9.17) is 9.47 Å². The summed E-state index contributed by atoms with van der Waals surface area (Å²) in [5, 5.41) is 54.9. The van der Waals surface area contributed by atoms with Gasteiger partial charge < -0.3 is 40.3 Å². The maximum atomic E-state index is 13.2. The van der Waals surface area contributed by atoms with Gasteiger partial charge in [0.25, 0.3) is 0 Å². The molecule has 0 bridgehead atoms. The second-order valence-corrected chi connectivity index (χ2v) is 25.7. The first-order valence-corrected chi connectivity index (χ1v) is 37.3. The third-order valence-electron chi connectivity index (χ3n) is 17.5. The van der Waals surface area contributed by atoms with Crippen molar-refractivity contribution in [1.82, 2.24) is 5.32 Å². The monoisotopic (exact) mass is 1220 g/mol. The van der Waals surface area contributed by atoms with E-state index in [1.807, 2.05) is 6.08 Å². The van der Waals surface area contributed by atoms with Gasteiger partial charge >= 0.3 is 0 Å². The number of unbranched alkanes of at least 4 members (excludes halogenated alkanes) is 43. The zero-order chi connectivity index (χ0) is 62.8. The first-order valence-electron chi connectivity index (χ1n) is 37.3. The zero-order valence-electron chi connectivity index (χ0n) is 56.8. The van der Waals surface area contributed by atoms with Gasteiger partial charge in [-0.2, -0.15) is 0 Å². The van der Waals surface area contributed by atoms with Gasteiger partial charge in [-0.15, -0.1) is 0 Å². The molecule has 6 N–H and O–H groups in total. The van der Waals surface area contributed by atoms with Gasteiger partial charge in [0.05, 0.1) is 25.4 Å². The molecule has 7 unspecified atom stereocenters. The number of aliphatic hydroxyl groups excluding tert-OH is 5. The van der Waals surface area contributed by atoms with Crippen LogP contribution >= 0.6 is 0 Å². The fraction of sp³-hybridized carbons (Fsp3) is 0.808. The second-order valence-electron chi connectivity index (χ2n) is 25.7. The number of aliphatic hydroxyl groups is 5. The molecule has 0 spiro atoms. The van der Waals surface area contributed by atoms with Crippen LogP contribution in [0.1, 0.15) is 348 Å². The Morgan fingerprint density at radius 1 is 0.402 bits per heavy atom. The van der Waals surface area contributed by atoms with Crippen molar-refractivity contribution in [3.05, 3.63) is 85.1 Å². The van der Waals surface area contributed by atoms with Crippen LogP contribution in [-0.2, 0) is 14.3 Å². The number of allylic oxidation sites excluding steroid dienone is 13.